The summed E-state index contributed by atoms with van der Waals surface area (Å²) in [6, 6.07) is 62.7. The standard InChI is InChI=1S/C64H56N2O2/c1-9-39-37-55(65(43-29-25-41(26-30-43)63(3,4)5)53-21-15-19-49-47-17-11-13-23-57(47)67-61(49)53)51-36-34-46-40(10-2)38-56(52-35-33-45(39)59(51)60(46)52)66(44-31-27-42(28-32-44)64(6,7)8)54-22-16-20-50-48-18-12-14-24-58(48)68-62(50)54/h11-38H,9-10H2,1-8H3. The van der Waals surface area contributed by atoms with Crippen LogP contribution in [-0.4, -0.2) is 0 Å². The summed E-state index contributed by atoms with van der Waals surface area (Å²) < 4.78 is 13.7. The van der Waals surface area contributed by atoms with Gasteiger partial charge in [-0.15, -0.1) is 0 Å². The molecule has 4 nitrogen and oxygen atoms in total. The van der Waals surface area contributed by atoms with Crippen LogP contribution in [-0.2, 0) is 23.7 Å². The highest BCUT2D eigenvalue weighted by Gasteiger charge is 2.28. The van der Waals surface area contributed by atoms with Gasteiger partial charge in [0.15, 0.2) is 11.2 Å². The van der Waals surface area contributed by atoms with Gasteiger partial charge in [-0.05, 0) is 128 Å². The highest BCUT2D eigenvalue weighted by atomic mass is 16.3. The molecule has 0 unspecified atom stereocenters. The van der Waals surface area contributed by atoms with Crippen molar-refractivity contribution in [3.8, 4) is 0 Å². The van der Waals surface area contributed by atoms with E-state index in [0.29, 0.717) is 0 Å². The predicted octanol–water partition coefficient (Wildman–Crippen LogP) is 19.0. The number of para-hydroxylation sites is 4. The van der Waals surface area contributed by atoms with Crippen LogP contribution in [0.25, 0.3) is 76.2 Å². The number of aryl methyl sites for hydroxylation is 2. The van der Waals surface area contributed by atoms with E-state index in [2.05, 4.69) is 235 Å². The summed E-state index contributed by atoms with van der Waals surface area (Å²) in [7, 11) is 0. The van der Waals surface area contributed by atoms with Crippen LogP contribution in [0.3, 0.4) is 0 Å². The third-order valence-corrected chi connectivity index (χ3v) is 14.5. The van der Waals surface area contributed by atoms with Crippen molar-refractivity contribution in [3.63, 3.8) is 0 Å². The molecule has 334 valence electrons. The summed E-state index contributed by atoms with van der Waals surface area (Å²) in [5.41, 5.74) is 15.2. The maximum absolute atomic E-state index is 6.84. The van der Waals surface area contributed by atoms with E-state index in [0.717, 1.165) is 90.8 Å². The number of furan rings is 2. The average Bonchev–Trinajstić information content (AvgIpc) is 3.93. The first-order chi connectivity index (χ1) is 32.9. The minimum Gasteiger partial charge on any atom is -0.454 e. The lowest BCUT2D eigenvalue weighted by Gasteiger charge is -2.31. The highest BCUT2D eigenvalue weighted by Crippen LogP contribution is 2.52. The third-order valence-electron chi connectivity index (χ3n) is 14.5. The second kappa shape index (κ2) is 15.5. The molecule has 2 heterocycles. The van der Waals surface area contributed by atoms with E-state index < -0.39 is 0 Å². The third kappa shape index (κ3) is 6.48. The van der Waals surface area contributed by atoms with Gasteiger partial charge in [-0.25, -0.2) is 0 Å². The average molecular weight is 885 g/mol. The fourth-order valence-corrected chi connectivity index (χ4v) is 10.9. The molecule has 2 aromatic heterocycles. The summed E-state index contributed by atoms with van der Waals surface area (Å²) in [6.07, 6.45) is 1.75. The van der Waals surface area contributed by atoms with E-state index in [1.54, 1.807) is 0 Å². The van der Waals surface area contributed by atoms with Crippen LogP contribution in [0.5, 0.6) is 0 Å². The smallest absolute Gasteiger partial charge is 0.159 e. The molecule has 12 rings (SSSR count). The second-order valence-electron chi connectivity index (χ2n) is 20.7. The lowest BCUT2D eigenvalue weighted by atomic mass is 9.86. The lowest BCUT2D eigenvalue weighted by Crippen LogP contribution is -2.14. The number of hydrogen-bond acceptors (Lipinski definition) is 4. The van der Waals surface area contributed by atoms with E-state index >= 15 is 0 Å². The van der Waals surface area contributed by atoms with Crippen molar-refractivity contribution >= 4 is 110 Å². The van der Waals surface area contributed by atoms with Gasteiger partial charge in [0.05, 0.1) is 22.7 Å². The quantitative estimate of drug-likeness (QED) is 0.142. The molecule has 0 radical (unpaired) electrons. The number of hydrogen-bond donors (Lipinski definition) is 0. The van der Waals surface area contributed by atoms with Gasteiger partial charge in [-0.3, -0.25) is 0 Å². The maximum atomic E-state index is 6.84. The molecule has 0 bridgehead atoms. The molecule has 0 atom stereocenters. The number of anilines is 6. The van der Waals surface area contributed by atoms with Crippen molar-refractivity contribution in [1.29, 1.82) is 0 Å². The predicted molar refractivity (Wildman–Crippen MR) is 290 cm³/mol. The Morgan fingerprint density at radius 3 is 1.10 bits per heavy atom. The van der Waals surface area contributed by atoms with E-state index in [4.69, 9.17) is 8.83 Å². The Kier molecular flexibility index (Phi) is 9.54. The van der Waals surface area contributed by atoms with Crippen molar-refractivity contribution in [2.75, 3.05) is 9.80 Å². The van der Waals surface area contributed by atoms with Crippen LogP contribution in [0.15, 0.2) is 179 Å². The highest BCUT2D eigenvalue weighted by molar-refractivity contribution is 6.30. The Morgan fingerprint density at radius 2 is 0.721 bits per heavy atom. The van der Waals surface area contributed by atoms with Crippen LogP contribution >= 0.6 is 0 Å². The second-order valence-corrected chi connectivity index (χ2v) is 20.7. The molecule has 4 heteroatoms. The van der Waals surface area contributed by atoms with Crippen molar-refractivity contribution in [2.45, 2.75) is 79.1 Å². The number of fused-ring (bicyclic) bond motifs is 6. The van der Waals surface area contributed by atoms with Gasteiger partial charge in [0.2, 0.25) is 0 Å². The molecule has 0 N–H and O–H groups in total. The Labute approximate surface area is 398 Å². The van der Waals surface area contributed by atoms with Crippen LogP contribution < -0.4 is 9.80 Å². The van der Waals surface area contributed by atoms with Gasteiger partial charge in [0.1, 0.15) is 11.2 Å². The van der Waals surface area contributed by atoms with Gasteiger partial charge >= 0.3 is 0 Å². The van der Waals surface area contributed by atoms with Crippen molar-refractivity contribution in [1.82, 2.24) is 0 Å². The maximum Gasteiger partial charge on any atom is 0.159 e. The molecule has 0 aliphatic heterocycles. The van der Waals surface area contributed by atoms with E-state index in [-0.39, 0.29) is 10.8 Å². The van der Waals surface area contributed by atoms with Gasteiger partial charge in [-0.2, -0.15) is 0 Å². The summed E-state index contributed by atoms with van der Waals surface area (Å²) in [5, 5.41) is 12.0. The molecule has 0 saturated heterocycles. The van der Waals surface area contributed by atoms with Gasteiger partial charge in [0, 0.05) is 43.7 Å². The van der Waals surface area contributed by atoms with Crippen LogP contribution in [0, 0.1) is 0 Å². The van der Waals surface area contributed by atoms with Crippen molar-refractivity contribution < 1.29 is 8.83 Å². The van der Waals surface area contributed by atoms with Crippen molar-refractivity contribution in [2.24, 2.45) is 0 Å². The molecular weight excluding hydrogens is 829 g/mol. The zero-order valence-corrected chi connectivity index (χ0v) is 40.3. The normalized spacial score (nSPS) is 12.5. The largest absolute Gasteiger partial charge is 0.454 e. The molecule has 0 spiro atoms. The molecule has 0 saturated carbocycles. The van der Waals surface area contributed by atoms with Crippen LogP contribution in [0.2, 0.25) is 0 Å². The Hall–Kier alpha value is -7.56. The fourth-order valence-electron chi connectivity index (χ4n) is 10.9. The Morgan fingerprint density at radius 1 is 0.353 bits per heavy atom. The molecule has 68 heavy (non-hydrogen) atoms. The van der Waals surface area contributed by atoms with Gasteiger partial charge < -0.3 is 18.6 Å². The zero-order valence-electron chi connectivity index (χ0n) is 40.3. The minimum absolute atomic E-state index is 0.0115. The molecule has 12 aromatic rings. The summed E-state index contributed by atoms with van der Waals surface area (Å²) in [6.45, 7) is 18.3. The minimum atomic E-state index is 0.0115. The number of benzene rings is 10. The first-order valence-electron chi connectivity index (χ1n) is 24.3. The monoisotopic (exact) mass is 884 g/mol. The van der Waals surface area contributed by atoms with Gasteiger partial charge in [-0.1, -0.05) is 165 Å². The topological polar surface area (TPSA) is 32.8 Å². The summed E-state index contributed by atoms with van der Waals surface area (Å²) in [5.74, 6) is 0. The Bertz CT molecular complexity index is 3640. The molecule has 0 amide bonds. The summed E-state index contributed by atoms with van der Waals surface area (Å²) >= 11 is 0. The summed E-state index contributed by atoms with van der Waals surface area (Å²) in [4.78, 5) is 4.91. The van der Waals surface area contributed by atoms with E-state index in [9.17, 15) is 0 Å². The first-order valence-corrected chi connectivity index (χ1v) is 24.3. The molecular formula is C64H56N2O2. The van der Waals surface area contributed by atoms with E-state index in [1.165, 1.54) is 54.6 Å². The van der Waals surface area contributed by atoms with Crippen LogP contribution in [0.4, 0.5) is 34.1 Å². The van der Waals surface area contributed by atoms with Crippen LogP contribution in [0.1, 0.15) is 77.6 Å². The molecule has 0 aliphatic rings. The van der Waals surface area contributed by atoms with Crippen molar-refractivity contribution in [3.05, 3.63) is 192 Å². The fraction of sp³-hybridized carbons (Fsp3) is 0.188. The number of rotatable bonds is 8. The molecule has 0 aliphatic carbocycles. The Balaban J connectivity index is 1.17. The first kappa shape index (κ1) is 41.8. The van der Waals surface area contributed by atoms with Gasteiger partial charge in [0.25, 0.3) is 0 Å². The SMILES string of the molecule is CCc1cc(N(c2ccc(C(C)(C)C)cc2)c2cccc3c2oc2ccccc23)c2ccc3c(CC)cc(N(c4ccc(C(C)(C)C)cc4)c4cccc5c4oc4ccccc45)c4ccc1c2c34. The number of nitrogens with zero attached hydrogens (tertiary/aromatic N) is 2. The van der Waals surface area contributed by atoms with E-state index in [1.807, 2.05) is 0 Å². The lowest BCUT2D eigenvalue weighted by molar-refractivity contribution is 0.590. The zero-order chi connectivity index (χ0) is 46.6. The molecule has 10 aromatic carbocycles. The molecule has 0 fully saturated rings.